The van der Waals surface area contributed by atoms with Crippen LogP contribution >= 0.6 is 0 Å². The number of aryl methyl sites for hydroxylation is 1. The zero-order valence-electron chi connectivity index (χ0n) is 16.6. The number of carbonyl (C=O) groups excluding carboxylic acids is 2. The van der Waals surface area contributed by atoms with Gasteiger partial charge in [0.1, 0.15) is 18.4 Å². The molecule has 11 heteroatoms. The number of hydrazine groups is 1. The van der Waals surface area contributed by atoms with Crippen LogP contribution in [0, 0.1) is 6.92 Å². The summed E-state index contributed by atoms with van der Waals surface area (Å²) in [5, 5.41) is 3.86. The molecule has 2 fully saturated rings. The number of carbonyl (C=O) groups is 2. The van der Waals surface area contributed by atoms with Crippen LogP contribution in [0.15, 0.2) is 12.1 Å². The third kappa shape index (κ3) is 3.67. The Kier molecular flexibility index (Phi) is 5.27. The largest absolute Gasteiger partial charge is 0.492 e. The molecule has 30 heavy (non-hydrogen) atoms. The molecule has 2 N–H and O–H groups in total. The minimum absolute atomic E-state index is 0.0884. The van der Waals surface area contributed by atoms with Gasteiger partial charge in [0.15, 0.2) is 6.17 Å². The van der Waals surface area contributed by atoms with Gasteiger partial charge in [0.2, 0.25) is 0 Å². The molecule has 164 valence electrons. The number of nitrogens with one attached hydrogen (secondary N) is 2. The van der Waals surface area contributed by atoms with Crippen molar-refractivity contribution in [3.05, 3.63) is 23.3 Å². The summed E-state index contributed by atoms with van der Waals surface area (Å²) in [6.45, 7) is 5.37. The standard InChI is InChI=1S/C19H23F3N4O4/c1-10-7-15-14(8-13(10)12-3-5-23-6-4-12)25-11(2)17(27)24-26(16(25)9-29-15)30-18(28)19(20,21)22/h7-8,11-12,16,23H,3-6,9H2,1-2H3,(H,24,27). The first-order chi connectivity index (χ1) is 14.2. The van der Waals surface area contributed by atoms with Crippen LogP contribution in [0.4, 0.5) is 18.9 Å². The normalized spacial score (nSPS) is 25.1. The van der Waals surface area contributed by atoms with Crippen LogP contribution in [-0.4, -0.2) is 55.1 Å². The zero-order chi connectivity index (χ0) is 21.6. The first-order valence-electron chi connectivity index (χ1n) is 9.82. The van der Waals surface area contributed by atoms with Crippen LogP contribution in [0.5, 0.6) is 5.75 Å². The van der Waals surface area contributed by atoms with Gasteiger partial charge in [-0.15, -0.1) is 0 Å². The van der Waals surface area contributed by atoms with Crippen LogP contribution in [0.25, 0.3) is 0 Å². The van der Waals surface area contributed by atoms with Crippen LogP contribution in [0.2, 0.25) is 0 Å². The molecule has 1 aromatic carbocycles. The maximum absolute atomic E-state index is 12.7. The Bertz CT molecular complexity index is 857. The van der Waals surface area contributed by atoms with Crippen molar-refractivity contribution in [1.29, 1.82) is 0 Å². The molecule has 0 saturated carbocycles. The lowest BCUT2D eigenvalue weighted by atomic mass is 9.86. The van der Waals surface area contributed by atoms with Gasteiger partial charge in [-0.1, -0.05) is 0 Å². The Labute approximate surface area is 171 Å². The predicted molar refractivity (Wildman–Crippen MR) is 99.4 cm³/mol. The first kappa shape index (κ1) is 20.7. The van der Waals surface area contributed by atoms with Crippen molar-refractivity contribution in [2.45, 2.75) is 51.0 Å². The summed E-state index contributed by atoms with van der Waals surface area (Å²) in [7, 11) is 0. The quantitative estimate of drug-likeness (QED) is 0.743. The molecule has 8 nitrogen and oxygen atoms in total. The first-order valence-corrected chi connectivity index (χ1v) is 9.82. The number of halogens is 3. The van der Waals surface area contributed by atoms with Gasteiger partial charge >= 0.3 is 12.1 Å². The third-order valence-corrected chi connectivity index (χ3v) is 5.81. The summed E-state index contributed by atoms with van der Waals surface area (Å²) in [4.78, 5) is 29.9. The van der Waals surface area contributed by atoms with Gasteiger partial charge in [-0.25, -0.2) is 4.79 Å². The fourth-order valence-electron chi connectivity index (χ4n) is 4.26. The topological polar surface area (TPSA) is 83.1 Å². The molecular weight excluding hydrogens is 405 g/mol. The van der Waals surface area contributed by atoms with E-state index in [4.69, 9.17) is 4.74 Å². The number of nitrogens with zero attached hydrogens (tertiary/aromatic N) is 2. The Morgan fingerprint density at radius 3 is 2.63 bits per heavy atom. The van der Waals surface area contributed by atoms with E-state index in [1.54, 1.807) is 11.8 Å². The summed E-state index contributed by atoms with van der Waals surface area (Å²) in [5.41, 5.74) is 4.99. The molecule has 0 bridgehead atoms. The van der Waals surface area contributed by atoms with E-state index in [0.29, 0.717) is 22.5 Å². The van der Waals surface area contributed by atoms with Gasteiger partial charge in [-0.3, -0.25) is 10.2 Å². The number of rotatable bonds is 2. The molecular formula is C19H23F3N4O4. The maximum Gasteiger partial charge on any atom is 0.492 e. The van der Waals surface area contributed by atoms with Crippen LogP contribution < -0.4 is 20.4 Å². The number of piperidine rings is 1. The fourth-order valence-corrected chi connectivity index (χ4v) is 4.26. The smallest absolute Gasteiger partial charge is 0.488 e. The van der Waals surface area contributed by atoms with Gasteiger partial charge in [0, 0.05) is 0 Å². The summed E-state index contributed by atoms with van der Waals surface area (Å²) >= 11 is 0. The van der Waals surface area contributed by atoms with Crippen molar-refractivity contribution in [3.8, 4) is 5.75 Å². The van der Waals surface area contributed by atoms with Gasteiger partial charge in [-0.2, -0.15) is 13.2 Å². The Hall–Kier alpha value is -2.53. The van der Waals surface area contributed by atoms with Gasteiger partial charge in [-0.05, 0) is 74.1 Å². The number of amides is 1. The molecule has 4 rings (SSSR count). The highest BCUT2D eigenvalue weighted by atomic mass is 19.4. The molecule has 2 unspecified atom stereocenters. The van der Waals surface area contributed by atoms with E-state index in [1.807, 2.05) is 19.1 Å². The number of hydrogen-bond donors (Lipinski definition) is 2. The van der Waals surface area contributed by atoms with Crippen LogP contribution in [0.3, 0.4) is 0 Å². The third-order valence-electron chi connectivity index (χ3n) is 5.81. The van der Waals surface area contributed by atoms with Gasteiger partial charge in [0.05, 0.1) is 5.69 Å². The second-order valence-corrected chi connectivity index (χ2v) is 7.75. The number of hydrogen-bond acceptors (Lipinski definition) is 7. The monoisotopic (exact) mass is 428 g/mol. The van der Waals surface area contributed by atoms with Crippen LogP contribution in [0.1, 0.15) is 36.8 Å². The maximum atomic E-state index is 12.7. The van der Waals surface area contributed by atoms with Crippen molar-refractivity contribution in [1.82, 2.24) is 15.9 Å². The zero-order valence-corrected chi connectivity index (χ0v) is 16.6. The predicted octanol–water partition coefficient (Wildman–Crippen LogP) is 1.74. The van der Waals surface area contributed by atoms with E-state index in [1.165, 1.54) is 0 Å². The second-order valence-electron chi connectivity index (χ2n) is 7.75. The molecule has 3 aliphatic heterocycles. The Balaban J connectivity index is 1.68. The van der Waals surface area contributed by atoms with Crippen molar-refractivity contribution in [2.75, 3.05) is 24.6 Å². The number of hydroxylamine groups is 1. The molecule has 1 aromatic rings. The van der Waals surface area contributed by atoms with E-state index in [2.05, 4.69) is 15.6 Å². The number of benzene rings is 1. The summed E-state index contributed by atoms with van der Waals surface area (Å²) in [6, 6.07) is 3.15. The molecule has 3 heterocycles. The molecule has 0 radical (unpaired) electrons. The van der Waals surface area contributed by atoms with E-state index in [-0.39, 0.29) is 6.61 Å². The van der Waals surface area contributed by atoms with E-state index >= 15 is 0 Å². The number of anilines is 1. The van der Waals surface area contributed by atoms with Crippen molar-refractivity contribution in [2.24, 2.45) is 0 Å². The molecule has 2 saturated heterocycles. The minimum atomic E-state index is -5.19. The lowest BCUT2D eigenvalue weighted by Gasteiger charge is -2.48. The van der Waals surface area contributed by atoms with Gasteiger partial charge < -0.3 is 19.8 Å². The minimum Gasteiger partial charge on any atom is -0.488 e. The van der Waals surface area contributed by atoms with E-state index < -0.39 is 30.3 Å². The lowest BCUT2D eigenvalue weighted by molar-refractivity contribution is -0.265. The molecule has 0 aliphatic carbocycles. The number of alkyl halides is 3. The summed E-state index contributed by atoms with van der Waals surface area (Å²) < 4.78 is 43.8. The van der Waals surface area contributed by atoms with Crippen molar-refractivity contribution < 1.29 is 32.3 Å². The molecule has 3 aliphatic rings. The Morgan fingerprint density at radius 1 is 1.27 bits per heavy atom. The Morgan fingerprint density at radius 2 is 1.97 bits per heavy atom. The molecule has 1 amide bonds. The highest BCUT2D eigenvalue weighted by Crippen LogP contribution is 2.42. The van der Waals surface area contributed by atoms with Gasteiger partial charge in [0.25, 0.3) is 5.91 Å². The second kappa shape index (κ2) is 7.62. The van der Waals surface area contributed by atoms with E-state index in [0.717, 1.165) is 37.1 Å². The molecule has 0 spiro atoms. The lowest BCUT2D eigenvalue weighted by Crippen LogP contribution is -2.70. The van der Waals surface area contributed by atoms with Crippen molar-refractivity contribution in [3.63, 3.8) is 0 Å². The van der Waals surface area contributed by atoms with E-state index in [9.17, 15) is 22.8 Å². The molecule has 0 aromatic heterocycles. The van der Waals surface area contributed by atoms with Crippen LogP contribution in [-0.2, 0) is 14.4 Å². The SMILES string of the molecule is Cc1cc2c(cc1C1CCNCC1)N1C(C)C(=O)NN(OC(=O)C(F)(F)F)C1CO2. The summed E-state index contributed by atoms with van der Waals surface area (Å²) in [6.07, 6.45) is -4.18. The molecule has 2 atom stereocenters. The fraction of sp³-hybridized carbons (Fsp3) is 0.579. The summed E-state index contributed by atoms with van der Waals surface area (Å²) in [5.74, 6) is -2.12. The highest BCUT2D eigenvalue weighted by molar-refractivity contribution is 5.87. The average molecular weight is 428 g/mol. The highest BCUT2D eigenvalue weighted by Gasteiger charge is 2.49. The average Bonchev–Trinajstić information content (AvgIpc) is 2.70. The number of fused-ring (bicyclic) bond motifs is 3. The number of ether oxygens (including phenoxy) is 1. The van der Waals surface area contributed by atoms with Crippen molar-refractivity contribution >= 4 is 17.6 Å².